The van der Waals surface area contributed by atoms with Crippen molar-refractivity contribution in [3.05, 3.63) is 29.3 Å². The van der Waals surface area contributed by atoms with Gasteiger partial charge in [0.25, 0.3) is 0 Å². The van der Waals surface area contributed by atoms with Gasteiger partial charge in [-0.1, -0.05) is 45.9 Å². The van der Waals surface area contributed by atoms with Crippen molar-refractivity contribution in [3.8, 4) is 0 Å². The van der Waals surface area contributed by atoms with Gasteiger partial charge in [-0.05, 0) is 23.0 Å². The molecule has 2 rings (SSSR count). The number of thioether (sulfide) groups is 1. The standard InChI is InChI=1S/C18H28N2OS.ClH/c1-12(2)15-6-5-7-16(13(3)4)18(15)20-17(21)10-14-11-22-9-8-19-14;/h5-7,12-14,19H,8-11H2,1-4H3,(H,20,21);1H. The van der Waals surface area contributed by atoms with E-state index in [0.29, 0.717) is 24.3 Å². The Hall–Kier alpha value is -0.710. The van der Waals surface area contributed by atoms with Gasteiger partial charge >= 0.3 is 0 Å². The second-order valence-corrected chi connectivity index (χ2v) is 7.75. The summed E-state index contributed by atoms with van der Waals surface area (Å²) in [7, 11) is 0. The summed E-state index contributed by atoms with van der Waals surface area (Å²) in [6.45, 7) is 9.70. The molecule has 0 spiro atoms. The molecule has 0 saturated carbocycles. The molecule has 2 N–H and O–H groups in total. The molecule has 1 aromatic carbocycles. The summed E-state index contributed by atoms with van der Waals surface area (Å²) in [5.74, 6) is 3.09. The summed E-state index contributed by atoms with van der Waals surface area (Å²) in [4.78, 5) is 12.5. The van der Waals surface area contributed by atoms with E-state index in [2.05, 4.69) is 56.5 Å². The van der Waals surface area contributed by atoms with Crippen molar-refractivity contribution < 1.29 is 4.79 Å². The molecule has 1 aliphatic rings. The molecule has 1 heterocycles. The molecule has 5 heteroatoms. The van der Waals surface area contributed by atoms with Crippen LogP contribution in [0.2, 0.25) is 0 Å². The van der Waals surface area contributed by atoms with Crippen LogP contribution >= 0.6 is 24.2 Å². The van der Waals surface area contributed by atoms with Crippen molar-refractivity contribution in [2.24, 2.45) is 0 Å². The van der Waals surface area contributed by atoms with E-state index in [9.17, 15) is 4.79 Å². The molecule has 1 atom stereocenters. The maximum Gasteiger partial charge on any atom is 0.225 e. The Balaban J connectivity index is 0.00000264. The highest BCUT2D eigenvalue weighted by Gasteiger charge is 2.20. The Bertz CT molecular complexity index is 487. The van der Waals surface area contributed by atoms with E-state index in [1.807, 2.05) is 11.8 Å². The van der Waals surface area contributed by atoms with Gasteiger partial charge in [0, 0.05) is 36.2 Å². The fourth-order valence-electron chi connectivity index (χ4n) is 2.86. The quantitative estimate of drug-likeness (QED) is 0.822. The fraction of sp³-hybridized carbons (Fsp3) is 0.611. The minimum atomic E-state index is 0. The van der Waals surface area contributed by atoms with E-state index in [1.165, 1.54) is 11.1 Å². The SMILES string of the molecule is CC(C)c1cccc(C(C)C)c1NC(=O)CC1CSCCN1.Cl. The number of anilines is 1. The lowest BCUT2D eigenvalue weighted by Gasteiger charge is -2.24. The summed E-state index contributed by atoms with van der Waals surface area (Å²) < 4.78 is 0. The zero-order valence-corrected chi connectivity index (χ0v) is 16.2. The summed E-state index contributed by atoms with van der Waals surface area (Å²) in [6, 6.07) is 6.65. The van der Waals surface area contributed by atoms with Crippen LogP contribution in [0.5, 0.6) is 0 Å². The van der Waals surface area contributed by atoms with Gasteiger partial charge in [-0.2, -0.15) is 11.8 Å². The molecule has 1 unspecified atom stereocenters. The molecule has 0 radical (unpaired) electrons. The lowest BCUT2D eigenvalue weighted by molar-refractivity contribution is -0.116. The van der Waals surface area contributed by atoms with Gasteiger partial charge in [-0.25, -0.2) is 0 Å². The molecule has 23 heavy (non-hydrogen) atoms. The average Bonchev–Trinajstić information content (AvgIpc) is 2.47. The van der Waals surface area contributed by atoms with Crippen molar-refractivity contribution in [1.29, 1.82) is 0 Å². The fourth-order valence-corrected chi connectivity index (χ4v) is 3.81. The predicted molar refractivity (Wildman–Crippen MR) is 104 cm³/mol. The number of para-hydroxylation sites is 1. The Morgan fingerprint density at radius 3 is 2.35 bits per heavy atom. The summed E-state index contributed by atoms with van der Waals surface area (Å²) in [5.41, 5.74) is 3.48. The third-order valence-corrected chi connectivity index (χ3v) is 5.20. The highest BCUT2D eigenvalue weighted by atomic mass is 35.5. The number of hydrogen-bond donors (Lipinski definition) is 2. The second kappa shape index (κ2) is 9.55. The van der Waals surface area contributed by atoms with Gasteiger partial charge in [0.2, 0.25) is 5.91 Å². The van der Waals surface area contributed by atoms with Crippen molar-refractivity contribution >= 4 is 35.8 Å². The first-order valence-corrected chi connectivity index (χ1v) is 9.38. The third kappa shape index (κ3) is 5.70. The second-order valence-electron chi connectivity index (χ2n) is 6.60. The van der Waals surface area contributed by atoms with Crippen LogP contribution in [0.15, 0.2) is 18.2 Å². The monoisotopic (exact) mass is 356 g/mol. The Morgan fingerprint density at radius 1 is 1.26 bits per heavy atom. The minimum Gasteiger partial charge on any atom is -0.326 e. The number of nitrogens with one attached hydrogen (secondary N) is 2. The largest absolute Gasteiger partial charge is 0.326 e. The van der Waals surface area contributed by atoms with Crippen LogP contribution in [0.3, 0.4) is 0 Å². The average molecular weight is 357 g/mol. The van der Waals surface area contributed by atoms with Crippen molar-refractivity contribution in [1.82, 2.24) is 5.32 Å². The van der Waals surface area contributed by atoms with Gasteiger partial charge in [0.05, 0.1) is 0 Å². The molecular weight excluding hydrogens is 328 g/mol. The zero-order chi connectivity index (χ0) is 16.1. The van der Waals surface area contributed by atoms with Crippen molar-refractivity contribution in [2.75, 3.05) is 23.4 Å². The molecule has 1 fully saturated rings. The van der Waals surface area contributed by atoms with Crippen LogP contribution in [0.25, 0.3) is 0 Å². The summed E-state index contributed by atoms with van der Waals surface area (Å²) in [5, 5.41) is 6.63. The Labute approximate surface area is 150 Å². The maximum absolute atomic E-state index is 12.5. The molecule has 3 nitrogen and oxygen atoms in total. The lowest BCUT2D eigenvalue weighted by atomic mass is 9.92. The summed E-state index contributed by atoms with van der Waals surface area (Å²) in [6.07, 6.45) is 0.553. The first-order chi connectivity index (χ1) is 10.5. The third-order valence-electron chi connectivity index (χ3n) is 4.07. The molecule has 0 bridgehead atoms. The van der Waals surface area contributed by atoms with Crippen LogP contribution in [-0.4, -0.2) is 30.0 Å². The van der Waals surface area contributed by atoms with Gasteiger partial charge in [-0.15, -0.1) is 12.4 Å². The van der Waals surface area contributed by atoms with E-state index in [4.69, 9.17) is 0 Å². The first-order valence-electron chi connectivity index (χ1n) is 8.22. The number of rotatable bonds is 5. The van der Waals surface area contributed by atoms with Gasteiger partial charge in [0.1, 0.15) is 0 Å². The molecular formula is C18H29ClN2OS. The molecule has 1 amide bonds. The number of halogens is 1. The van der Waals surface area contributed by atoms with Crippen LogP contribution in [-0.2, 0) is 4.79 Å². The molecule has 130 valence electrons. The lowest BCUT2D eigenvalue weighted by Crippen LogP contribution is -2.40. The van der Waals surface area contributed by atoms with Crippen LogP contribution in [0, 0.1) is 0 Å². The Kier molecular flexibility index (Phi) is 8.45. The molecule has 1 aromatic rings. The molecule has 0 aromatic heterocycles. The maximum atomic E-state index is 12.5. The minimum absolute atomic E-state index is 0. The Morgan fingerprint density at radius 2 is 1.87 bits per heavy atom. The topological polar surface area (TPSA) is 41.1 Å². The van der Waals surface area contributed by atoms with Gasteiger partial charge < -0.3 is 10.6 Å². The molecule has 0 aliphatic carbocycles. The van der Waals surface area contributed by atoms with Gasteiger partial charge in [-0.3, -0.25) is 4.79 Å². The first kappa shape index (κ1) is 20.3. The highest BCUT2D eigenvalue weighted by molar-refractivity contribution is 7.99. The summed E-state index contributed by atoms with van der Waals surface area (Å²) >= 11 is 1.92. The van der Waals surface area contributed by atoms with Crippen molar-refractivity contribution in [2.45, 2.75) is 52.0 Å². The van der Waals surface area contributed by atoms with E-state index in [-0.39, 0.29) is 18.3 Å². The van der Waals surface area contributed by atoms with Crippen LogP contribution < -0.4 is 10.6 Å². The smallest absolute Gasteiger partial charge is 0.225 e. The molecule has 1 saturated heterocycles. The molecule has 1 aliphatic heterocycles. The van der Waals surface area contributed by atoms with Crippen molar-refractivity contribution in [3.63, 3.8) is 0 Å². The van der Waals surface area contributed by atoms with Crippen LogP contribution in [0.4, 0.5) is 5.69 Å². The van der Waals surface area contributed by atoms with Gasteiger partial charge in [0.15, 0.2) is 0 Å². The van der Waals surface area contributed by atoms with Crippen LogP contribution in [0.1, 0.15) is 57.1 Å². The number of benzene rings is 1. The number of carbonyl (C=O) groups is 1. The van der Waals surface area contributed by atoms with E-state index in [0.717, 1.165) is 23.7 Å². The highest BCUT2D eigenvalue weighted by Crippen LogP contribution is 2.32. The number of carbonyl (C=O) groups excluding carboxylic acids is 1. The zero-order valence-electron chi connectivity index (χ0n) is 14.5. The van der Waals surface area contributed by atoms with E-state index in [1.54, 1.807) is 0 Å². The van der Waals surface area contributed by atoms with E-state index < -0.39 is 0 Å². The number of amides is 1. The predicted octanol–water partition coefficient (Wildman–Crippen LogP) is 4.39. The number of hydrogen-bond acceptors (Lipinski definition) is 3. The van der Waals surface area contributed by atoms with E-state index >= 15 is 0 Å². The normalized spacial score (nSPS) is 17.9.